The molecule has 0 aliphatic carbocycles. The Labute approximate surface area is 190 Å². The van der Waals surface area contributed by atoms with E-state index < -0.39 is 0 Å². The molecule has 2 saturated heterocycles. The number of methoxy groups -OCH3 is 1. The van der Waals surface area contributed by atoms with Gasteiger partial charge in [0.1, 0.15) is 0 Å². The van der Waals surface area contributed by atoms with Gasteiger partial charge in [-0.3, -0.25) is 4.90 Å². The second kappa shape index (κ2) is 7.87. The number of allylic oxidation sites excluding steroid dienone is 1. The van der Waals surface area contributed by atoms with Crippen molar-refractivity contribution in [1.29, 1.82) is 0 Å². The number of hydrogen-bond donors (Lipinski definition) is 0. The highest BCUT2D eigenvalue weighted by molar-refractivity contribution is 5.86. The molecule has 166 valence electrons. The zero-order valence-electron chi connectivity index (χ0n) is 19.2. The van der Waals surface area contributed by atoms with Crippen LogP contribution in [-0.4, -0.2) is 35.5 Å². The summed E-state index contributed by atoms with van der Waals surface area (Å²) in [4.78, 5) is 2.78. The van der Waals surface area contributed by atoms with Gasteiger partial charge in [0.15, 0.2) is 6.29 Å². The van der Waals surface area contributed by atoms with Crippen LogP contribution in [0, 0.1) is 11.8 Å². The predicted octanol–water partition coefficient (Wildman–Crippen LogP) is 5.23. The number of para-hydroxylation sites is 1. The summed E-state index contributed by atoms with van der Waals surface area (Å²) in [5.41, 5.74) is 7.13. The van der Waals surface area contributed by atoms with Gasteiger partial charge in [0.05, 0.1) is 12.6 Å². The van der Waals surface area contributed by atoms with Crippen LogP contribution in [0.2, 0.25) is 0 Å². The molecule has 0 unspecified atom stereocenters. The lowest BCUT2D eigenvalue weighted by molar-refractivity contribution is -0.167. The molecule has 0 saturated carbocycles. The molecule has 0 amide bonds. The Bertz CT molecular complexity index is 1160. The van der Waals surface area contributed by atoms with Crippen molar-refractivity contribution in [3.63, 3.8) is 0 Å². The summed E-state index contributed by atoms with van der Waals surface area (Å²) in [6, 6.07) is 20.7. The summed E-state index contributed by atoms with van der Waals surface area (Å²) in [6.07, 6.45) is 4.25. The van der Waals surface area contributed by atoms with Crippen LogP contribution in [-0.2, 0) is 29.5 Å². The van der Waals surface area contributed by atoms with Gasteiger partial charge in [-0.25, -0.2) is 0 Å². The Balaban J connectivity index is 1.49. The van der Waals surface area contributed by atoms with E-state index in [-0.39, 0.29) is 6.29 Å². The third-order valence-corrected chi connectivity index (χ3v) is 8.20. The van der Waals surface area contributed by atoms with E-state index in [0.29, 0.717) is 23.9 Å². The molecule has 3 aliphatic rings. The van der Waals surface area contributed by atoms with Crippen molar-refractivity contribution < 1.29 is 9.47 Å². The average Bonchev–Trinajstić information content (AvgIpc) is 3.11. The molecule has 5 atom stereocenters. The molecule has 3 aromatic rings. The Morgan fingerprint density at radius 2 is 1.88 bits per heavy atom. The number of aryl methyl sites for hydroxylation is 1. The molecule has 32 heavy (non-hydrogen) atoms. The number of aromatic nitrogens is 1. The minimum absolute atomic E-state index is 0.199. The summed E-state index contributed by atoms with van der Waals surface area (Å²) in [7, 11) is 4.02. The third kappa shape index (κ3) is 2.93. The quantitative estimate of drug-likeness (QED) is 0.535. The first-order chi connectivity index (χ1) is 15.7. The van der Waals surface area contributed by atoms with Crippen molar-refractivity contribution in [2.45, 2.75) is 44.7 Å². The molecule has 0 radical (unpaired) electrons. The van der Waals surface area contributed by atoms with Crippen molar-refractivity contribution in [3.05, 3.63) is 83.1 Å². The van der Waals surface area contributed by atoms with Gasteiger partial charge < -0.3 is 14.0 Å². The van der Waals surface area contributed by atoms with Gasteiger partial charge in [-0.15, -0.1) is 0 Å². The lowest BCUT2D eigenvalue weighted by Gasteiger charge is -2.56. The fourth-order valence-electron chi connectivity index (χ4n) is 6.83. The normalized spacial score (nSPS) is 31.0. The van der Waals surface area contributed by atoms with E-state index in [1.54, 1.807) is 12.7 Å². The number of hydrogen-bond acceptors (Lipinski definition) is 3. The highest BCUT2D eigenvalue weighted by Gasteiger charge is 2.52. The lowest BCUT2D eigenvalue weighted by atomic mass is 9.66. The maximum Gasteiger partial charge on any atom is 0.179 e. The molecule has 4 heteroatoms. The molecule has 4 nitrogen and oxygen atoms in total. The van der Waals surface area contributed by atoms with Crippen LogP contribution < -0.4 is 0 Å². The summed E-state index contributed by atoms with van der Waals surface area (Å²) in [6.45, 7) is 3.89. The topological polar surface area (TPSA) is 26.6 Å². The third-order valence-electron chi connectivity index (χ3n) is 8.20. The van der Waals surface area contributed by atoms with Crippen LogP contribution >= 0.6 is 0 Å². The first-order valence-corrected chi connectivity index (χ1v) is 11.9. The van der Waals surface area contributed by atoms with Crippen LogP contribution in [0.1, 0.15) is 36.2 Å². The van der Waals surface area contributed by atoms with Crippen LogP contribution in [0.15, 0.2) is 66.2 Å². The van der Waals surface area contributed by atoms with E-state index >= 15 is 0 Å². The van der Waals surface area contributed by atoms with Crippen LogP contribution in [0.3, 0.4) is 0 Å². The number of ether oxygens (including phenoxy) is 2. The summed E-state index contributed by atoms with van der Waals surface area (Å²) in [5.74, 6) is 0.992. The van der Waals surface area contributed by atoms with Gasteiger partial charge in [0.25, 0.3) is 0 Å². The lowest BCUT2D eigenvalue weighted by Crippen LogP contribution is -2.58. The van der Waals surface area contributed by atoms with E-state index in [1.165, 1.54) is 27.7 Å². The summed E-state index contributed by atoms with van der Waals surface area (Å²) >= 11 is 0. The number of benzene rings is 2. The Hall–Kier alpha value is -2.40. The van der Waals surface area contributed by atoms with Gasteiger partial charge in [-0.2, -0.15) is 0 Å². The Kier molecular flexibility index (Phi) is 4.98. The second-order valence-corrected chi connectivity index (χ2v) is 9.58. The van der Waals surface area contributed by atoms with E-state index in [2.05, 4.69) is 84.1 Å². The number of fused-ring (bicyclic) bond motifs is 8. The molecular weight excluding hydrogens is 396 g/mol. The van der Waals surface area contributed by atoms with Crippen molar-refractivity contribution in [3.8, 4) is 0 Å². The fraction of sp³-hybridized carbons (Fsp3) is 0.429. The van der Waals surface area contributed by atoms with Gasteiger partial charge in [0, 0.05) is 49.3 Å². The monoisotopic (exact) mass is 428 g/mol. The standard InChI is InChI=1S/C28H32N2O2/c1-4-19-21-14-26-27-22(20-12-8-9-13-24(20)29(27)2)15-25(23(21)17-32-28(19)31-3)30(26)16-18-10-6-5-7-11-18/h4-13,21,23,25-26,28H,14-17H2,1-3H3/b19-4-/t21-,23+,25-,26-,28-/m0/s1. The van der Waals surface area contributed by atoms with Gasteiger partial charge >= 0.3 is 0 Å². The minimum atomic E-state index is -0.199. The van der Waals surface area contributed by atoms with E-state index in [4.69, 9.17) is 9.47 Å². The van der Waals surface area contributed by atoms with Crippen molar-refractivity contribution in [1.82, 2.24) is 9.47 Å². The maximum absolute atomic E-state index is 6.25. The molecule has 2 fully saturated rings. The first-order valence-electron chi connectivity index (χ1n) is 11.9. The minimum Gasteiger partial charge on any atom is -0.352 e. The van der Waals surface area contributed by atoms with Crippen molar-refractivity contribution >= 4 is 10.9 Å². The molecule has 4 heterocycles. The molecule has 6 rings (SSSR count). The molecule has 0 N–H and O–H groups in total. The van der Waals surface area contributed by atoms with Gasteiger partial charge in [0.2, 0.25) is 0 Å². The Morgan fingerprint density at radius 1 is 1.09 bits per heavy atom. The highest BCUT2D eigenvalue weighted by Crippen LogP contribution is 2.53. The van der Waals surface area contributed by atoms with Crippen LogP contribution in [0.5, 0.6) is 0 Å². The van der Waals surface area contributed by atoms with Gasteiger partial charge in [-0.05, 0) is 48.4 Å². The maximum atomic E-state index is 6.25. The molecule has 1 aromatic heterocycles. The SMILES string of the molecule is C/C=C1\[C@@H](OC)OC[C@@H]2[C@H]1C[C@H]1c3c(c4ccccc4n3C)C[C@@H]2N1Cc1ccccc1. The zero-order valence-corrected chi connectivity index (χ0v) is 19.2. The van der Waals surface area contributed by atoms with Gasteiger partial charge in [-0.1, -0.05) is 54.6 Å². The van der Waals surface area contributed by atoms with Crippen LogP contribution in [0.25, 0.3) is 10.9 Å². The Morgan fingerprint density at radius 3 is 2.66 bits per heavy atom. The number of rotatable bonds is 3. The smallest absolute Gasteiger partial charge is 0.179 e. The van der Waals surface area contributed by atoms with E-state index in [1.807, 2.05) is 0 Å². The highest BCUT2D eigenvalue weighted by atomic mass is 16.7. The van der Waals surface area contributed by atoms with Crippen molar-refractivity contribution in [2.75, 3.05) is 13.7 Å². The fourth-order valence-corrected chi connectivity index (χ4v) is 6.83. The zero-order chi connectivity index (χ0) is 21.8. The van der Waals surface area contributed by atoms with E-state index in [0.717, 1.165) is 26.0 Å². The molecule has 2 aromatic carbocycles. The van der Waals surface area contributed by atoms with E-state index in [9.17, 15) is 0 Å². The predicted molar refractivity (Wildman–Crippen MR) is 127 cm³/mol. The largest absolute Gasteiger partial charge is 0.352 e. The molecule has 3 aliphatic heterocycles. The molecule has 2 bridgehead atoms. The summed E-state index contributed by atoms with van der Waals surface area (Å²) in [5, 5.41) is 1.43. The first kappa shape index (κ1) is 20.2. The second-order valence-electron chi connectivity index (χ2n) is 9.58. The van der Waals surface area contributed by atoms with Crippen molar-refractivity contribution in [2.24, 2.45) is 18.9 Å². The molecular formula is C28H32N2O2. The van der Waals surface area contributed by atoms with Crippen LogP contribution in [0.4, 0.5) is 0 Å². The average molecular weight is 429 g/mol. The molecule has 0 spiro atoms. The summed E-state index contributed by atoms with van der Waals surface area (Å²) < 4.78 is 14.4. The number of nitrogens with zero attached hydrogens (tertiary/aromatic N) is 2. The number of piperidine rings is 1.